The van der Waals surface area contributed by atoms with Crippen molar-refractivity contribution in [2.45, 2.75) is 44.6 Å². The molecule has 25 heavy (non-hydrogen) atoms. The van der Waals surface area contributed by atoms with Crippen molar-refractivity contribution in [3.63, 3.8) is 0 Å². The molecule has 6 nitrogen and oxygen atoms in total. The van der Waals surface area contributed by atoms with E-state index in [0.717, 1.165) is 5.56 Å². The molecule has 1 fully saturated rings. The number of carboxylic acid groups (broad SMARTS) is 1. The van der Waals surface area contributed by atoms with Crippen LogP contribution < -0.4 is 0 Å². The fourth-order valence-electron chi connectivity index (χ4n) is 3.14. The van der Waals surface area contributed by atoms with E-state index in [9.17, 15) is 18.0 Å². The van der Waals surface area contributed by atoms with Gasteiger partial charge in [0.05, 0.1) is 17.9 Å². The zero-order chi connectivity index (χ0) is 18.3. The van der Waals surface area contributed by atoms with Gasteiger partial charge in [0.15, 0.2) is 9.84 Å². The highest BCUT2D eigenvalue weighted by Gasteiger charge is 2.34. The number of benzene rings is 1. The lowest BCUT2D eigenvalue weighted by atomic mass is 10.1. The Morgan fingerprint density at radius 2 is 1.84 bits per heavy atom. The number of amides is 1. The van der Waals surface area contributed by atoms with Crippen molar-refractivity contribution in [1.82, 2.24) is 4.90 Å². The van der Waals surface area contributed by atoms with Crippen LogP contribution in [0.4, 0.5) is 0 Å². The van der Waals surface area contributed by atoms with Crippen LogP contribution in [0, 0.1) is 0 Å². The van der Waals surface area contributed by atoms with E-state index in [1.165, 1.54) is 0 Å². The van der Waals surface area contributed by atoms with E-state index < -0.39 is 15.8 Å². The van der Waals surface area contributed by atoms with Crippen LogP contribution in [0.25, 0.3) is 0 Å². The van der Waals surface area contributed by atoms with Crippen molar-refractivity contribution in [2.24, 2.45) is 0 Å². The summed E-state index contributed by atoms with van der Waals surface area (Å²) in [5, 5.41) is 8.67. The molecule has 2 rings (SSSR count). The molecule has 1 aliphatic heterocycles. The summed E-state index contributed by atoms with van der Waals surface area (Å²) in [7, 11) is -3.06. The molecule has 0 aromatic heterocycles. The van der Waals surface area contributed by atoms with Crippen molar-refractivity contribution in [3.8, 4) is 0 Å². The highest BCUT2D eigenvalue weighted by molar-refractivity contribution is 7.91. The smallest absolute Gasteiger partial charge is 0.303 e. The Labute approximate surface area is 148 Å². The zero-order valence-electron chi connectivity index (χ0n) is 14.3. The number of carboxylic acids is 1. The average molecular weight is 367 g/mol. The molecular formula is C18H25NO5S. The Morgan fingerprint density at radius 1 is 1.12 bits per heavy atom. The lowest BCUT2D eigenvalue weighted by Crippen LogP contribution is -2.42. The third-order valence-corrected chi connectivity index (χ3v) is 6.21. The first-order valence-electron chi connectivity index (χ1n) is 8.63. The Morgan fingerprint density at radius 3 is 2.44 bits per heavy atom. The summed E-state index contributed by atoms with van der Waals surface area (Å²) >= 11 is 0. The van der Waals surface area contributed by atoms with Gasteiger partial charge in [-0.1, -0.05) is 36.8 Å². The SMILES string of the molecule is O=C(O)CCCCCN(C(=O)Cc1ccccc1)[C@H]1CCS(=O)(=O)C1. The van der Waals surface area contributed by atoms with Crippen LogP contribution in [0.5, 0.6) is 0 Å². The summed E-state index contributed by atoms with van der Waals surface area (Å²) in [4.78, 5) is 25.0. The molecule has 1 N–H and O–H groups in total. The van der Waals surface area contributed by atoms with Gasteiger partial charge in [0.2, 0.25) is 5.91 Å². The van der Waals surface area contributed by atoms with Gasteiger partial charge in [0.1, 0.15) is 0 Å². The highest BCUT2D eigenvalue weighted by atomic mass is 32.2. The third-order valence-electron chi connectivity index (χ3n) is 4.46. The molecule has 0 bridgehead atoms. The topological polar surface area (TPSA) is 91.8 Å². The van der Waals surface area contributed by atoms with Crippen molar-refractivity contribution in [1.29, 1.82) is 0 Å². The van der Waals surface area contributed by atoms with Gasteiger partial charge < -0.3 is 10.0 Å². The molecule has 1 atom stereocenters. The van der Waals surface area contributed by atoms with E-state index in [1.807, 2.05) is 30.3 Å². The van der Waals surface area contributed by atoms with Crippen LogP contribution in [-0.2, 0) is 25.8 Å². The predicted octanol–water partition coefficient (Wildman–Crippen LogP) is 1.89. The number of carbonyl (C=O) groups is 2. The number of aliphatic carboxylic acids is 1. The van der Waals surface area contributed by atoms with E-state index in [2.05, 4.69) is 0 Å². The minimum Gasteiger partial charge on any atom is -0.481 e. The second-order valence-corrected chi connectivity index (χ2v) is 8.74. The summed E-state index contributed by atoms with van der Waals surface area (Å²) in [5.41, 5.74) is 0.907. The summed E-state index contributed by atoms with van der Waals surface area (Å²) < 4.78 is 23.5. The minimum atomic E-state index is -3.06. The molecular weight excluding hydrogens is 342 g/mol. The molecule has 1 aromatic rings. The Hall–Kier alpha value is -1.89. The number of carbonyl (C=O) groups excluding carboxylic acids is 1. The summed E-state index contributed by atoms with van der Waals surface area (Å²) in [5.74, 6) is -0.723. The molecule has 1 aliphatic rings. The van der Waals surface area contributed by atoms with Crippen molar-refractivity contribution in [2.75, 3.05) is 18.1 Å². The average Bonchev–Trinajstić information content (AvgIpc) is 2.91. The molecule has 0 radical (unpaired) electrons. The molecule has 0 saturated carbocycles. The van der Waals surface area contributed by atoms with Gasteiger partial charge in [-0.2, -0.15) is 0 Å². The number of nitrogens with zero attached hydrogens (tertiary/aromatic N) is 1. The Balaban J connectivity index is 1.96. The molecule has 0 unspecified atom stereocenters. The third kappa shape index (κ3) is 6.49. The first-order valence-corrected chi connectivity index (χ1v) is 10.4. The fraction of sp³-hybridized carbons (Fsp3) is 0.556. The van der Waals surface area contributed by atoms with Crippen molar-refractivity contribution >= 4 is 21.7 Å². The number of sulfone groups is 1. The number of rotatable bonds is 9. The maximum Gasteiger partial charge on any atom is 0.303 e. The summed E-state index contributed by atoms with van der Waals surface area (Å²) in [6, 6.07) is 9.14. The van der Waals surface area contributed by atoms with Gasteiger partial charge in [0.25, 0.3) is 0 Å². The first-order chi connectivity index (χ1) is 11.9. The second-order valence-electron chi connectivity index (χ2n) is 6.51. The quantitative estimate of drug-likeness (QED) is 0.673. The van der Waals surface area contributed by atoms with Crippen LogP contribution in [0.2, 0.25) is 0 Å². The molecule has 1 saturated heterocycles. The molecule has 7 heteroatoms. The minimum absolute atomic E-state index is 0.0304. The normalized spacial score (nSPS) is 18.8. The molecule has 0 aliphatic carbocycles. The maximum atomic E-state index is 12.7. The van der Waals surface area contributed by atoms with Gasteiger partial charge >= 0.3 is 5.97 Å². The Bertz CT molecular complexity index is 687. The van der Waals surface area contributed by atoms with Gasteiger partial charge in [-0.15, -0.1) is 0 Å². The lowest BCUT2D eigenvalue weighted by molar-refractivity contribution is -0.137. The molecule has 1 aromatic carbocycles. The van der Waals surface area contributed by atoms with Gasteiger partial charge in [-0.3, -0.25) is 9.59 Å². The molecule has 1 heterocycles. The van der Waals surface area contributed by atoms with E-state index in [-0.39, 0.29) is 36.3 Å². The van der Waals surface area contributed by atoms with E-state index in [0.29, 0.717) is 32.2 Å². The van der Waals surface area contributed by atoms with Crippen LogP contribution in [0.15, 0.2) is 30.3 Å². The van der Waals surface area contributed by atoms with E-state index in [1.54, 1.807) is 4.90 Å². The van der Waals surface area contributed by atoms with Crippen LogP contribution >= 0.6 is 0 Å². The fourth-order valence-corrected chi connectivity index (χ4v) is 4.87. The molecule has 138 valence electrons. The lowest BCUT2D eigenvalue weighted by Gasteiger charge is -2.28. The summed E-state index contributed by atoms with van der Waals surface area (Å²) in [6.45, 7) is 0.478. The number of hydrogen-bond donors (Lipinski definition) is 1. The van der Waals surface area contributed by atoms with E-state index in [4.69, 9.17) is 5.11 Å². The van der Waals surface area contributed by atoms with Crippen LogP contribution in [-0.4, -0.2) is 54.4 Å². The standard InChI is InChI=1S/C18H25NO5S/c20-17(13-15-7-3-1-4-8-15)19(11-6-2-5-9-18(21)22)16-10-12-25(23,24)14-16/h1,3-4,7-8,16H,2,5-6,9-14H2,(H,21,22)/t16-/m0/s1. The zero-order valence-corrected chi connectivity index (χ0v) is 15.1. The molecule has 0 spiro atoms. The van der Waals surface area contributed by atoms with Crippen LogP contribution in [0.3, 0.4) is 0 Å². The predicted molar refractivity (Wildman–Crippen MR) is 95.0 cm³/mol. The second kappa shape index (κ2) is 8.99. The largest absolute Gasteiger partial charge is 0.481 e. The monoisotopic (exact) mass is 367 g/mol. The Kier molecular flexibility index (Phi) is 6.99. The molecule has 1 amide bonds. The van der Waals surface area contributed by atoms with Gasteiger partial charge in [-0.25, -0.2) is 8.42 Å². The first kappa shape index (κ1) is 19.4. The number of unbranched alkanes of at least 4 members (excludes halogenated alkanes) is 2. The maximum absolute atomic E-state index is 12.7. The van der Waals surface area contributed by atoms with Gasteiger partial charge in [-0.05, 0) is 24.8 Å². The van der Waals surface area contributed by atoms with Crippen LogP contribution in [0.1, 0.15) is 37.7 Å². The van der Waals surface area contributed by atoms with E-state index >= 15 is 0 Å². The van der Waals surface area contributed by atoms with Crippen molar-refractivity contribution < 1.29 is 23.1 Å². The van der Waals surface area contributed by atoms with Gasteiger partial charge in [0, 0.05) is 19.0 Å². The summed E-state index contributed by atoms with van der Waals surface area (Å²) in [6.07, 6.45) is 2.82. The van der Waals surface area contributed by atoms with Crippen molar-refractivity contribution in [3.05, 3.63) is 35.9 Å². The number of hydrogen-bond acceptors (Lipinski definition) is 4. The highest BCUT2D eigenvalue weighted by Crippen LogP contribution is 2.20.